The van der Waals surface area contributed by atoms with E-state index in [1.165, 1.54) is 12.1 Å². The predicted molar refractivity (Wildman–Crippen MR) is 91.5 cm³/mol. The standard InChI is InChI=1S/C19H17FN4/c1-13-11-24-17(12-23(13)2)18(14-7-9-21-10-8-14)19(22-24)15-3-5-16(20)6-4-15/h3-10H,1,11-12H2,2H3. The highest BCUT2D eigenvalue weighted by atomic mass is 19.1. The Morgan fingerprint density at radius 2 is 1.71 bits per heavy atom. The Morgan fingerprint density at radius 3 is 2.42 bits per heavy atom. The molecule has 5 heteroatoms. The summed E-state index contributed by atoms with van der Waals surface area (Å²) < 4.78 is 15.3. The highest BCUT2D eigenvalue weighted by molar-refractivity contribution is 5.82. The summed E-state index contributed by atoms with van der Waals surface area (Å²) in [7, 11) is 2.03. The number of benzene rings is 1. The minimum Gasteiger partial charge on any atom is -0.371 e. The van der Waals surface area contributed by atoms with E-state index in [0.717, 1.165) is 40.3 Å². The van der Waals surface area contributed by atoms with E-state index in [1.807, 2.05) is 23.9 Å². The summed E-state index contributed by atoms with van der Waals surface area (Å²) in [5, 5.41) is 4.80. The molecule has 1 aliphatic rings. The predicted octanol–water partition coefficient (Wildman–Crippen LogP) is 3.71. The summed E-state index contributed by atoms with van der Waals surface area (Å²) in [6.45, 7) is 5.49. The van der Waals surface area contributed by atoms with Crippen molar-refractivity contribution >= 4 is 0 Å². The van der Waals surface area contributed by atoms with Gasteiger partial charge < -0.3 is 4.90 Å². The highest BCUT2D eigenvalue weighted by Gasteiger charge is 2.25. The summed E-state index contributed by atoms with van der Waals surface area (Å²) in [6.07, 6.45) is 3.55. The summed E-state index contributed by atoms with van der Waals surface area (Å²) in [5.74, 6) is -0.249. The molecule has 0 amide bonds. The third kappa shape index (κ3) is 2.38. The number of fused-ring (bicyclic) bond motifs is 1. The minimum absolute atomic E-state index is 0.249. The van der Waals surface area contributed by atoms with Gasteiger partial charge in [0.25, 0.3) is 0 Å². The summed E-state index contributed by atoms with van der Waals surface area (Å²) in [6, 6.07) is 10.4. The Bertz CT molecular complexity index is 897. The van der Waals surface area contributed by atoms with Gasteiger partial charge in [0.1, 0.15) is 11.5 Å². The van der Waals surface area contributed by atoms with Crippen LogP contribution in [0, 0.1) is 5.82 Å². The quantitative estimate of drug-likeness (QED) is 0.722. The van der Waals surface area contributed by atoms with Gasteiger partial charge in [0, 0.05) is 36.3 Å². The van der Waals surface area contributed by atoms with E-state index >= 15 is 0 Å². The van der Waals surface area contributed by atoms with E-state index in [0.29, 0.717) is 6.54 Å². The number of rotatable bonds is 2. The molecule has 0 N–H and O–H groups in total. The van der Waals surface area contributed by atoms with Crippen LogP contribution >= 0.6 is 0 Å². The van der Waals surface area contributed by atoms with Crippen LogP contribution in [0.5, 0.6) is 0 Å². The van der Waals surface area contributed by atoms with E-state index < -0.39 is 0 Å². The van der Waals surface area contributed by atoms with Crippen molar-refractivity contribution in [3.63, 3.8) is 0 Å². The highest BCUT2D eigenvalue weighted by Crippen LogP contribution is 2.37. The van der Waals surface area contributed by atoms with Crippen molar-refractivity contribution < 1.29 is 4.39 Å². The first-order valence-corrected chi connectivity index (χ1v) is 7.78. The van der Waals surface area contributed by atoms with Gasteiger partial charge in [-0.25, -0.2) is 4.39 Å². The molecule has 24 heavy (non-hydrogen) atoms. The normalized spacial score (nSPS) is 13.9. The molecule has 3 aromatic rings. The van der Waals surface area contributed by atoms with Crippen molar-refractivity contribution in [2.24, 2.45) is 0 Å². The maximum absolute atomic E-state index is 13.3. The van der Waals surface area contributed by atoms with Gasteiger partial charge in [0.2, 0.25) is 0 Å². The number of hydrogen-bond acceptors (Lipinski definition) is 3. The number of halogens is 1. The van der Waals surface area contributed by atoms with Gasteiger partial charge in [0.15, 0.2) is 0 Å². The molecule has 2 aromatic heterocycles. The number of allylic oxidation sites excluding steroid dienone is 1. The molecule has 0 unspecified atom stereocenters. The minimum atomic E-state index is -0.249. The van der Waals surface area contributed by atoms with Crippen molar-refractivity contribution in [1.82, 2.24) is 19.7 Å². The van der Waals surface area contributed by atoms with Gasteiger partial charge in [-0.1, -0.05) is 6.58 Å². The second-order valence-electron chi connectivity index (χ2n) is 5.99. The fourth-order valence-electron chi connectivity index (χ4n) is 3.05. The van der Waals surface area contributed by atoms with Crippen molar-refractivity contribution in [2.45, 2.75) is 13.1 Å². The lowest BCUT2D eigenvalue weighted by Gasteiger charge is -2.28. The monoisotopic (exact) mass is 320 g/mol. The molecule has 3 heterocycles. The average Bonchev–Trinajstić information content (AvgIpc) is 2.95. The molecule has 0 spiro atoms. The van der Waals surface area contributed by atoms with Crippen LogP contribution in [0.2, 0.25) is 0 Å². The number of pyridine rings is 1. The number of aromatic nitrogens is 3. The third-order valence-electron chi connectivity index (χ3n) is 4.40. The van der Waals surface area contributed by atoms with Crippen molar-refractivity contribution in [3.8, 4) is 22.4 Å². The summed E-state index contributed by atoms with van der Waals surface area (Å²) >= 11 is 0. The Hall–Kier alpha value is -2.95. The number of hydrogen-bond donors (Lipinski definition) is 0. The van der Waals surface area contributed by atoms with Crippen LogP contribution in [0.1, 0.15) is 5.69 Å². The van der Waals surface area contributed by atoms with Gasteiger partial charge in [-0.2, -0.15) is 5.10 Å². The van der Waals surface area contributed by atoms with Gasteiger partial charge >= 0.3 is 0 Å². The first-order chi connectivity index (χ1) is 11.6. The molecule has 0 saturated carbocycles. The van der Waals surface area contributed by atoms with E-state index in [9.17, 15) is 4.39 Å². The topological polar surface area (TPSA) is 34.0 Å². The molecule has 4 rings (SSSR count). The first kappa shape index (κ1) is 14.6. The summed E-state index contributed by atoms with van der Waals surface area (Å²) in [5.41, 5.74) is 6.06. The van der Waals surface area contributed by atoms with Crippen molar-refractivity contribution in [1.29, 1.82) is 0 Å². The largest absolute Gasteiger partial charge is 0.371 e. The zero-order chi connectivity index (χ0) is 16.7. The van der Waals surface area contributed by atoms with Crippen LogP contribution < -0.4 is 0 Å². The number of likely N-dealkylation sites (N-methyl/N-ethyl adjacent to an activating group) is 1. The second-order valence-corrected chi connectivity index (χ2v) is 5.99. The van der Waals surface area contributed by atoms with Crippen LogP contribution in [0.4, 0.5) is 4.39 Å². The fraction of sp³-hybridized carbons (Fsp3) is 0.158. The molecule has 1 aliphatic heterocycles. The van der Waals surface area contributed by atoms with E-state index in [2.05, 4.69) is 16.5 Å². The molecular formula is C19H17FN4. The summed E-state index contributed by atoms with van der Waals surface area (Å²) in [4.78, 5) is 6.24. The maximum Gasteiger partial charge on any atom is 0.123 e. The molecule has 0 saturated heterocycles. The zero-order valence-electron chi connectivity index (χ0n) is 13.4. The lowest BCUT2D eigenvalue weighted by molar-refractivity contribution is 0.330. The lowest BCUT2D eigenvalue weighted by atomic mass is 9.99. The van der Waals surface area contributed by atoms with E-state index in [-0.39, 0.29) is 5.82 Å². The van der Waals surface area contributed by atoms with Gasteiger partial charge in [0.05, 0.1) is 18.8 Å². The van der Waals surface area contributed by atoms with Crippen molar-refractivity contribution in [2.75, 3.05) is 7.05 Å². The lowest BCUT2D eigenvalue weighted by Crippen LogP contribution is -2.28. The maximum atomic E-state index is 13.3. The Morgan fingerprint density at radius 1 is 1.00 bits per heavy atom. The first-order valence-electron chi connectivity index (χ1n) is 7.78. The van der Waals surface area contributed by atoms with Crippen LogP contribution in [0.25, 0.3) is 22.4 Å². The third-order valence-corrected chi connectivity index (χ3v) is 4.40. The molecule has 4 nitrogen and oxygen atoms in total. The van der Waals surface area contributed by atoms with Crippen molar-refractivity contribution in [3.05, 3.63) is 72.6 Å². The molecule has 0 atom stereocenters. The van der Waals surface area contributed by atoms with Gasteiger partial charge in [-0.3, -0.25) is 9.67 Å². The zero-order valence-corrected chi connectivity index (χ0v) is 13.4. The SMILES string of the molecule is C=C1Cn2nc(-c3ccc(F)cc3)c(-c3ccncc3)c2CN1C. The van der Waals surface area contributed by atoms with E-state index in [4.69, 9.17) is 5.10 Å². The number of nitrogens with zero attached hydrogens (tertiary/aromatic N) is 4. The Balaban J connectivity index is 1.95. The molecule has 120 valence electrons. The molecule has 0 fully saturated rings. The Labute approximate surface area is 139 Å². The molecule has 0 bridgehead atoms. The molecule has 0 radical (unpaired) electrons. The molecule has 1 aromatic carbocycles. The van der Waals surface area contributed by atoms with Gasteiger partial charge in [-0.05, 0) is 42.0 Å². The Kier molecular flexibility index (Phi) is 3.41. The van der Waals surface area contributed by atoms with Crippen LogP contribution in [-0.2, 0) is 13.1 Å². The molecule has 0 aliphatic carbocycles. The second kappa shape index (κ2) is 5.60. The van der Waals surface area contributed by atoms with E-state index in [1.54, 1.807) is 24.5 Å². The smallest absolute Gasteiger partial charge is 0.123 e. The van der Waals surface area contributed by atoms with Gasteiger partial charge in [-0.15, -0.1) is 0 Å². The van der Waals surface area contributed by atoms with Crippen LogP contribution in [0.3, 0.4) is 0 Å². The molecular weight excluding hydrogens is 303 g/mol. The van der Waals surface area contributed by atoms with Crippen LogP contribution in [-0.4, -0.2) is 26.7 Å². The fourth-order valence-corrected chi connectivity index (χ4v) is 3.05. The average molecular weight is 320 g/mol. The van der Waals surface area contributed by atoms with Crippen LogP contribution in [0.15, 0.2) is 61.1 Å².